The molecule has 1 heterocycles. The smallest absolute Gasteiger partial charge is 0.234 e. The Bertz CT molecular complexity index is 362. The molecule has 1 aromatic heterocycles. The summed E-state index contributed by atoms with van der Waals surface area (Å²) in [7, 11) is 0. The van der Waals surface area contributed by atoms with Crippen molar-refractivity contribution in [3.63, 3.8) is 0 Å². The first-order valence-corrected chi connectivity index (χ1v) is 6.25. The third kappa shape index (κ3) is 4.58. The molecule has 0 radical (unpaired) electrons. The van der Waals surface area contributed by atoms with E-state index >= 15 is 0 Å². The second-order valence-electron chi connectivity index (χ2n) is 3.63. The lowest BCUT2D eigenvalue weighted by Crippen LogP contribution is -2.01. The second kappa shape index (κ2) is 7.58. The van der Waals surface area contributed by atoms with Crippen LogP contribution in [-0.2, 0) is 0 Å². The fraction of sp³-hybridized carbons (Fsp3) is 0.545. The lowest BCUT2D eigenvalue weighted by molar-refractivity contribution is 0.270. The Labute approximate surface area is 111 Å². The van der Waals surface area contributed by atoms with E-state index in [-0.39, 0.29) is 11.6 Å². The number of aliphatic hydroxyl groups excluding tert-OH is 1. The first-order valence-electron chi connectivity index (χ1n) is 5.50. The van der Waals surface area contributed by atoms with E-state index in [9.17, 15) is 0 Å². The van der Waals surface area contributed by atoms with Crippen LogP contribution in [0.25, 0.3) is 0 Å². The maximum atomic E-state index is 8.61. The number of aliphatic hydroxyl groups is 1. The van der Waals surface area contributed by atoms with Gasteiger partial charge in [-0.15, -0.1) is 0 Å². The topological polar surface area (TPSA) is 68.4 Å². The number of nitrogens with zero attached hydrogens (tertiary/aromatic N) is 1. The number of aromatic nitrogens is 1. The van der Waals surface area contributed by atoms with Crippen LogP contribution in [0, 0.1) is 0 Å². The molecule has 0 fully saturated rings. The Morgan fingerprint density at radius 1 is 1.24 bits per heavy atom. The standard InChI is InChI=1S/C11H16Cl2N2O2/c12-8-7-15-11(9(13)10(8)14)17-6-4-2-1-3-5-16/h7,16H,1-6H2,(H2,14,15). The zero-order chi connectivity index (χ0) is 12.7. The number of hydrogen-bond donors (Lipinski definition) is 2. The zero-order valence-corrected chi connectivity index (χ0v) is 11.0. The number of anilines is 1. The molecule has 0 aromatic carbocycles. The van der Waals surface area contributed by atoms with Gasteiger partial charge in [-0.1, -0.05) is 29.6 Å². The molecule has 0 saturated carbocycles. The van der Waals surface area contributed by atoms with E-state index in [1.165, 1.54) is 6.20 Å². The number of rotatable bonds is 7. The quantitative estimate of drug-likeness (QED) is 0.753. The van der Waals surface area contributed by atoms with Gasteiger partial charge in [0, 0.05) is 6.61 Å². The van der Waals surface area contributed by atoms with Crippen LogP contribution in [-0.4, -0.2) is 23.3 Å². The van der Waals surface area contributed by atoms with Crippen LogP contribution in [0.3, 0.4) is 0 Å². The van der Waals surface area contributed by atoms with E-state index in [0.29, 0.717) is 23.2 Å². The van der Waals surface area contributed by atoms with E-state index in [4.69, 9.17) is 38.8 Å². The number of halogens is 2. The highest BCUT2D eigenvalue weighted by atomic mass is 35.5. The summed E-state index contributed by atoms with van der Waals surface area (Å²) in [6.45, 7) is 0.765. The Kier molecular flexibility index (Phi) is 6.40. The van der Waals surface area contributed by atoms with Crippen LogP contribution in [0.5, 0.6) is 5.88 Å². The minimum absolute atomic E-state index is 0.238. The molecule has 4 nitrogen and oxygen atoms in total. The monoisotopic (exact) mass is 278 g/mol. The van der Waals surface area contributed by atoms with Gasteiger partial charge >= 0.3 is 0 Å². The van der Waals surface area contributed by atoms with Crippen molar-refractivity contribution in [1.29, 1.82) is 0 Å². The molecular weight excluding hydrogens is 263 g/mol. The van der Waals surface area contributed by atoms with Crippen molar-refractivity contribution < 1.29 is 9.84 Å². The predicted molar refractivity (Wildman–Crippen MR) is 69.7 cm³/mol. The Morgan fingerprint density at radius 2 is 1.94 bits per heavy atom. The first kappa shape index (κ1) is 14.4. The van der Waals surface area contributed by atoms with E-state index in [1.807, 2.05) is 0 Å². The molecule has 0 unspecified atom stereocenters. The van der Waals surface area contributed by atoms with Gasteiger partial charge in [0.05, 0.1) is 23.5 Å². The SMILES string of the molecule is Nc1c(Cl)cnc(OCCCCCCO)c1Cl. The maximum absolute atomic E-state index is 8.61. The van der Waals surface area contributed by atoms with Crippen LogP contribution in [0.15, 0.2) is 6.20 Å². The van der Waals surface area contributed by atoms with Crippen molar-refractivity contribution in [2.75, 3.05) is 18.9 Å². The largest absolute Gasteiger partial charge is 0.477 e. The molecule has 0 aliphatic rings. The average molecular weight is 279 g/mol. The molecule has 6 heteroatoms. The molecule has 0 amide bonds. The normalized spacial score (nSPS) is 10.5. The number of pyridine rings is 1. The highest BCUT2D eigenvalue weighted by Gasteiger charge is 2.10. The van der Waals surface area contributed by atoms with Gasteiger partial charge in [-0.3, -0.25) is 0 Å². The molecule has 1 rings (SSSR count). The van der Waals surface area contributed by atoms with Gasteiger partial charge in [0.1, 0.15) is 5.02 Å². The Morgan fingerprint density at radius 3 is 2.65 bits per heavy atom. The molecule has 3 N–H and O–H groups in total. The maximum Gasteiger partial charge on any atom is 0.234 e. The summed E-state index contributed by atoms with van der Waals surface area (Å²) in [5.41, 5.74) is 5.93. The third-order valence-electron chi connectivity index (χ3n) is 2.27. The van der Waals surface area contributed by atoms with Gasteiger partial charge in [-0.2, -0.15) is 0 Å². The third-order valence-corrected chi connectivity index (χ3v) is 2.93. The van der Waals surface area contributed by atoms with Crippen molar-refractivity contribution in [1.82, 2.24) is 4.98 Å². The van der Waals surface area contributed by atoms with Crippen molar-refractivity contribution in [3.05, 3.63) is 16.2 Å². The summed E-state index contributed by atoms with van der Waals surface area (Å²) in [4.78, 5) is 3.97. The summed E-state index contributed by atoms with van der Waals surface area (Å²) in [6, 6.07) is 0. The van der Waals surface area contributed by atoms with Gasteiger partial charge in [0.2, 0.25) is 5.88 Å². The number of hydrogen-bond acceptors (Lipinski definition) is 4. The van der Waals surface area contributed by atoms with Crippen molar-refractivity contribution in [3.8, 4) is 5.88 Å². The van der Waals surface area contributed by atoms with Crippen molar-refractivity contribution in [2.24, 2.45) is 0 Å². The molecule has 0 aliphatic carbocycles. The highest BCUT2D eigenvalue weighted by Crippen LogP contribution is 2.33. The van der Waals surface area contributed by atoms with Crippen molar-refractivity contribution in [2.45, 2.75) is 25.7 Å². The summed E-state index contributed by atoms with van der Waals surface area (Å²) < 4.78 is 5.41. The van der Waals surface area contributed by atoms with Crippen LogP contribution < -0.4 is 10.5 Å². The minimum atomic E-state index is 0.238. The second-order valence-corrected chi connectivity index (χ2v) is 4.41. The van der Waals surface area contributed by atoms with E-state index < -0.39 is 0 Å². The lowest BCUT2D eigenvalue weighted by Gasteiger charge is -2.08. The molecule has 0 atom stereocenters. The van der Waals surface area contributed by atoms with Gasteiger partial charge in [-0.25, -0.2) is 4.98 Å². The molecule has 0 spiro atoms. The van der Waals surface area contributed by atoms with Crippen LogP contribution in [0.4, 0.5) is 5.69 Å². The summed E-state index contributed by atoms with van der Waals surface area (Å²) >= 11 is 11.7. The van der Waals surface area contributed by atoms with Gasteiger partial charge in [0.25, 0.3) is 0 Å². The summed E-state index contributed by atoms with van der Waals surface area (Å²) in [6.07, 6.45) is 5.13. The van der Waals surface area contributed by atoms with Gasteiger partial charge in [0.15, 0.2) is 0 Å². The fourth-order valence-electron chi connectivity index (χ4n) is 1.30. The number of nitrogen functional groups attached to an aromatic ring is 1. The van der Waals surface area contributed by atoms with Gasteiger partial charge < -0.3 is 15.6 Å². The van der Waals surface area contributed by atoms with E-state index in [0.717, 1.165) is 25.7 Å². The van der Waals surface area contributed by atoms with Crippen LogP contribution in [0.1, 0.15) is 25.7 Å². The molecule has 96 valence electrons. The summed E-state index contributed by atoms with van der Waals surface area (Å²) in [5, 5.41) is 9.19. The first-order chi connectivity index (χ1) is 8.16. The molecular formula is C11H16Cl2N2O2. The molecule has 0 aliphatic heterocycles. The van der Waals surface area contributed by atoms with E-state index in [2.05, 4.69) is 4.98 Å². The number of unbranched alkanes of at least 4 members (excludes halogenated alkanes) is 3. The van der Waals surface area contributed by atoms with Crippen LogP contribution >= 0.6 is 23.2 Å². The molecule has 0 saturated heterocycles. The zero-order valence-electron chi connectivity index (χ0n) is 9.46. The number of nitrogens with two attached hydrogens (primary N) is 1. The lowest BCUT2D eigenvalue weighted by atomic mass is 10.2. The average Bonchev–Trinajstić information content (AvgIpc) is 2.33. The summed E-state index contributed by atoms with van der Waals surface area (Å²) in [5.74, 6) is 0.315. The predicted octanol–water partition coefficient (Wildman–Crippen LogP) is 2.90. The number of ether oxygens (including phenoxy) is 1. The van der Waals surface area contributed by atoms with Crippen LogP contribution in [0.2, 0.25) is 10.0 Å². The van der Waals surface area contributed by atoms with Gasteiger partial charge in [-0.05, 0) is 19.3 Å². The van der Waals surface area contributed by atoms with E-state index in [1.54, 1.807) is 0 Å². The molecule has 1 aromatic rings. The minimum Gasteiger partial charge on any atom is -0.477 e. The Hall–Kier alpha value is -0.710. The molecule has 17 heavy (non-hydrogen) atoms. The Balaban J connectivity index is 2.35. The molecule has 0 bridgehead atoms. The highest BCUT2D eigenvalue weighted by molar-refractivity contribution is 6.39. The van der Waals surface area contributed by atoms with Crippen molar-refractivity contribution >= 4 is 28.9 Å². The fourth-order valence-corrected chi connectivity index (χ4v) is 1.70.